The SMILES string of the molecule is C=CC=CC(CC)=C(C)Sc1ccccc1F. The van der Waals surface area contributed by atoms with Crippen molar-refractivity contribution in [2.45, 2.75) is 25.2 Å². The van der Waals surface area contributed by atoms with E-state index < -0.39 is 0 Å². The molecule has 0 aromatic heterocycles. The van der Waals surface area contributed by atoms with Gasteiger partial charge in [-0.3, -0.25) is 0 Å². The number of halogens is 1. The molecule has 1 aromatic rings. The van der Waals surface area contributed by atoms with Crippen LogP contribution in [-0.4, -0.2) is 0 Å². The van der Waals surface area contributed by atoms with Crippen molar-refractivity contribution in [3.63, 3.8) is 0 Å². The monoisotopic (exact) mass is 248 g/mol. The van der Waals surface area contributed by atoms with E-state index in [4.69, 9.17) is 0 Å². The lowest BCUT2D eigenvalue weighted by Gasteiger charge is -2.07. The summed E-state index contributed by atoms with van der Waals surface area (Å²) in [5.74, 6) is -0.167. The van der Waals surface area contributed by atoms with Crippen LogP contribution in [0.2, 0.25) is 0 Å². The normalized spacial score (nSPS) is 12.6. The highest BCUT2D eigenvalue weighted by molar-refractivity contribution is 8.03. The Bertz CT molecular complexity index is 444. The summed E-state index contributed by atoms with van der Waals surface area (Å²) in [6, 6.07) is 6.84. The highest BCUT2D eigenvalue weighted by Crippen LogP contribution is 2.31. The van der Waals surface area contributed by atoms with Gasteiger partial charge in [0, 0.05) is 4.90 Å². The minimum atomic E-state index is -0.167. The van der Waals surface area contributed by atoms with Gasteiger partial charge in [0.15, 0.2) is 0 Å². The Kier molecular flexibility index (Phi) is 5.78. The lowest BCUT2D eigenvalue weighted by atomic mass is 10.2. The predicted octanol–water partition coefficient (Wildman–Crippen LogP) is 5.34. The molecule has 17 heavy (non-hydrogen) atoms. The molecule has 0 radical (unpaired) electrons. The molecule has 0 saturated carbocycles. The zero-order chi connectivity index (χ0) is 12.7. The van der Waals surface area contributed by atoms with Gasteiger partial charge in [-0.05, 0) is 36.0 Å². The van der Waals surface area contributed by atoms with E-state index in [1.807, 2.05) is 25.1 Å². The van der Waals surface area contributed by atoms with Crippen molar-refractivity contribution < 1.29 is 4.39 Å². The molecule has 0 bridgehead atoms. The van der Waals surface area contributed by atoms with E-state index in [0.29, 0.717) is 4.90 Å². The van der Waals surface area contributed by atoms with Crippen molar-refractivity contribution in [3.05, 3.63) is 65.4 Å². The molecule has 0 saturated heterocycles. The number of thioether (sulfide) groups is 1. The van der Waals surface area contributed by atoms with Crippen molar-refractivity contribution in [1.82, 2.24) is 0 Å². The molecular weight excluding hydrogens is 231 g/mol. The number of allylic oxidation sites excluding steroid dienone is 5. The van der Waals surface area contributed by atoms with E-state index in [-0.39, 0.29) is 5.82 Å². The fourth-order valence-electron chi connectivity index (χ4n) is 1.43. The lowest BCUT2D eigenvalue weighted by molar-refractivity contribution is 0.602. The molecule has 0 N–H and O–H groups in total. The fourth-order valence-corrected chi connectivity index (χ4v) is 2.41. The molecule has 2 heteroatoms. The highest BCUT2D eigenvalue weighted by atomic mass is 32.2. The van der Waals surface area contributed by atoms with Crippen LogP contribution in [0.4, 0.5) is 4.39 Å². The Balaban J connectivity index is 2.92. The third kappa shape index (κ3) is 4.23. The third-order valence-electron chi connectivity index (χ3n) is 2.37. The number of hydrogen-bond acceptors (Lipinski definition) is 1. The molecule has 1 aromatic carbocycles. The molecule has 0 aliphatic carbocycles. The maximum atomic E-state index is 13.5. The van der Waals surface area contributed by atoms with Gasteiger partial charge in [-0.2, -0.15) is 0 Å². The summed E-state index contributed by atoms with van der Waals surface area (Å²) in [6.07, 6.45) is 6.61. The summed E-state index contributed by atoms with van der Waals surface area (Å²) in [6.45, 7) is 7.76. The molecule has 0 aliphatic rings. The lowest BCUT2D eigenvalue weighted by Crippen LogP contribution is -1.83. The number of rotatable bonds is 5. The molecule has 0 fully saturated rings. The topological polar surface area (TPSA) is 0 Å². The van der Waals surface area contributed by atoms with E-state index in [2.05, 4.69) is 13.5 Å². The summed E-state index contributed by atoms with van der Waals surface area (Å²) < 4.78 is 13.5. The van der Waals surface area contributed by atoms with E-state index in [0.717, 1.165) is 11.3 Å². The average Bonchev–Trinajstić information content (AvgIpc) is 2.33. The Morgan fingerprint density at radius 3 is 2.71 bits per heavy atom. The summed E-state index contributed by atoms with van der Waals surface area (Å²) in [7, 11) is 0. The molecule has 0 atom stereocenters. The maximum Gasteiger partial charge on any atom is 0.137 e. The first kappa shape index (κ1) is 13.8. The third-order valence-corrected chi connectivity index (χ3v) is 3.49. The van der Waals surface area contributed by atoms with Crippen LogP contribution in [0.1, 0.15) is 20.3 Å². The van der Waals surface area contributed by atoms with Gasteiger partial charge in [0.2, 0.25) is 0 Å². The van der Waals surface area contributed by atoms with Crippen LogP contribution in [0.5, 0.6) is 0 Å². The Hall–Kier alpha value is -1.28. The van der Waals surface area contributed by atoms with Crippen LogP contribution in [0.15, 0.2) is 64.4 Å². The van der Waals surface area contributed by atoms with Crippen LogP contribution in [0, 0.1) is 5.82 Å². The van der Waals surface area contributed by atoms with Crippen LogP contribution < -0.4 is 0 Å². The largest absolute Gasteiger partial charge is 0.206 e. The van der Waals surface area contributed by atoms with Crippen molar-refractivity contribution in [2.75, 3.05) is 0 Å². The van der Waals surface area contributed by atoms with Crippen LogP contribution in [0.3, 0.4) is 0 Å². The Morgan fingerprint density at radius 1 is 1.41 bits per heavy atom. The van der Waals surface area contributed by atoms with Gasteiger partial charge < -0.3 is 0 Å². The summed E-state index contributed by atoms with van der Waals surface area (Å²) in [5, 5.41) is 0. The minimum Gasteiger partial charge on any atom is -0.206 e. The highest BCUT2D eigenvalue weighted by Gasteiger charge is 2.04. The predicted molar refractivity (Wildman–Crippen MR) is 74.6 cm³/mol. The second kappa shape index (κ2) is 7.13. The number of benzene rings is 1. The van der Waals surface area contributed by atoms with Gasteiger partial charge in [0.25, 0.3) is 0 Å². The van der Waals surface area contributed by atoms with Crippen molar-refractivity contribution in [3.8, 4) is 0 Å². The van der Waals surface area contributed by atoms with Crippen molar-refractivity contribution in [1.29, 1.82) is 0 Å². The Morgan fingerprint density at radius 2 is 2.12 bits per heavy atom. The van der Waals surface area contributed by atoms with E-state index in [1.54, 1.807) is 18.2 Å². The first-order valence-corrected chi connectivity index (χ1v) is 6.42. The maximum absolute atomic E-state index is 13.5. The standard InChI is InChI=1S/C15H17FS/c1-4-6-9-13(5-2)12(3)17-15-11-8-7-10-14(15)16/h4,6-11H,1,5H2,2-3H3. The first-order chi connectivity index (χ1) is 8.19. The smallest absolute Gasteiger partial charge is 0.137 e. The summed E-state index contributed by atoms with van der Waals surface area (Å²) in [5.41, 5.74) is 1.21. The van der Waals surface area contributed by atoms with Gasteiger partial charge in [-0.25, -0.2) is 4.39 Å². The second-order valence-corrected chi connectivity index (χ2v) is 4.82. The van der Waals surface area contributed by atoms with Gasteiger partial charge >= 0.3 is 0 Å². The van der Waals surface area contributed by atoms with Crippen LogP contribution in [0.25, 0.3) is 0 Å². The van der Waals surface area contributed by atoms with Crippen LogP contribution >= 0.6 is 11.8 Å². The van der Waals surface area contributed by atoms with E-state index in [1.165, 1.54) is 23.4 Å². The number of hydrogen-bond donors (Lipinski definition) is 0. The summed E-state index contributed by atoms with van der Waals surface area (Å²) in [4.78, 5) is 1.79. The van der Waals surface area contributed by atoms with Gasteiger partial charge in [0.1, 0.15) is 5.82 Å². The molecule has 0 nitrogen and oxygen atoms in total. The minimum absolute atomic E-state index is 0.167. The molecule has 0 heterocycles. The second-order valence-electron chi connectivity index (χ2n) is 3.56. The van der Waals surface area contributed by atoms with Gasteiger partial charge in [0.05, 0.1) is 0 Å². The molecular formula is C15H17FS. The molecule has 0 unspecified atom stereocenters. The quantitative estimate of drug-likeness (QED) is 0.500. The first-order valence-electron chi connectivity index (χ1n) is 5.60. The van der Waals surface area contributed by atoms with Gasteiger partial charge in [-0.1, -0.05) is 55.6 Å². The summed E-state index contributed by atoms with van der Waals surface area (Å²) >= 11 is 1.47. The molecule has 1 rings (SSSR count). The fraction of sp³-hybridized carbons (Fsp3) is 0.200. The zero-order valence-corrected chi connectivity index (χ0v) is 11.1. The molecule has 90 valence electrons. The Labute approximate surface area is 107 Å². The van der Waals surface area contributed by atoms with E-state index >= 15 is 0 Å². The van der Waals surface area contributed by atoms with Crippen molar-refractivity contribution in [2.24, 2.45) is 0 Å². The van der Waals surface area contributed by atoms with Crippen LogP contribution in [-0.2, 0) is 0 Å². The zero-order valence-electron chi connectivity index (χ0n) is 10.2. The molecule has 0 amide bonds. The van der Waals surface area contributed by atoms with E-state index in [9.17, 15) is 4.39 Å². The molecule has 0 aliphatic heterocycles. The average molecular weight is 248 g/mol. The van der Waals surface area contributed by atoms with Crippen molar-refractivity contribution >= 4 is 11.8 Å². The van der Waals surface area contributed by atoms with Gasteiger partial charge in [-0.15, -0.1) is 0 Å². The molecule has 0 spiro atoms.